The van der Waals surface area contributed by atoms with Gasteiger partial charge in [0.1, 0.15) is 17.1 Å². The summed E-state index contributed by atoms with van der Waals surface area (Å²) < 4.78 is 13.1. The van der Waals surface area contributed by atoms with Gasteiger partial charge in [-0.25, -0.2) is 0 Å². The average molecular weight is 925 g/mol. The van der Waals surface area contributed by atoms with E-state index in [4.69, 9.17) is 8.83 Å². The zero-order valence-electron chi connectivity index (χ0n) is 43.8. The largest absolute Gasteiger partial charge is 0.460 e. The molecule has 4 heteroatoms. The molecule has 0 saturated heterocycles. The fourth-order valence-corrected chi connectivity index (χ4v) is 9.55. The molecular weight excluding hydrogens is 853 g/mol. The molecule has 0 aliphatic rings. The second-order valence-electron chi connectivity index (χ2n) is 18.9. The summed E-state index contributed by atoms with van der Waals surface area (Å²) in [5.41, 5.74) is 13.0. The predicted molar refractivity (Wildman–Crippen MR) is 308 cm³/mol. The lowest BCUT2D eigenvalue weighted by atomic mass is 9.93. The van der Waals surface area contributed by atoms with Crippen LogP contribution in [0.3, 0.4) is 0 Å². The van der Waals surface area contributed by atoms with Gasteiger partial charge in [-0.1, -0.05) is 174 Å². The highest BCUT2D eigenvalue weighted by atomic mass is 16.3. The van der Waals surface area contributed by atoms with Crippen LogP contribution in [0.5, 0.6) is 0 Å². The first-order chi connectivity index (χ1) is 33.8. The second kappa shape index (κ2) is 22.9. The minimum Gasteiger partial charge on any atom is -0.460 e. The number of anilines is 2. The van der Waals surface area contributed by atoms with Crippen molar-refractivity contribution in [3.8, 4) is 0 Å². The summed E-state index contributed by atoms with van der Waals surface area (Å²) in [5, 5.41) is 8.06. The fraction of sp³-hybridized carbons (Fsp3) is 0.242. The number of nitrogens with zero attached hydrogens (tertiary/aromatic N) is 2. The van der Waals surface area contributed by atoms with Crippen LogP contribution < -0.4 is 15.0 Å². The summed E-state index contributed by atoms with van der Waals surface area (Å²) in [5.74, 6) is 2.65. The van der Waals surface area contributed by atoms with Gasteiger partial charge in [-0.3, -0.25) is 0 Å². The summed E-state index contributed by atoms with van der Waals surface area (Å²) in [4.78, 5) is 4.64. The van der Waals surface area contributed by atoms with Crippen LogP contribution >= 0.6 is 0 Å². The molecule has 358 valence electrons. The van der Waals surface area contributed by atoms with E-state index in [1.807, 2.05) is 0 Å². The third-order valence-electron chi connectivity index (χ3n) is 12.8. The first-order valence-electron chi connectivity index (χ1n) is 25.1. The summed E-state index contributed by atoms with van der Waals surface area (Å²) in [6, 6.07) is 26.6. The first kappa shape index (κ1) is 50.6. The van der Waals surface area contributed by atoms with E-state index in [9.17, 15) is 0 Å². The topological polar surface area (TPSA) is 32.8 Å². The van der Waals surface area contributed by atoms with Gasteiger partial charge in [0.25, 0.3) is 0 Å². The molecule has 0 amide bonds. The van der Waals surface area contributed by atoms with Crippen molar-refractivity contribution in [1.82, 2.24) is 0 Å². The maximum Gasteiger partial charge on any atom is 0.158 e. The van der Waals surface area contributed by atoms with E-state index < -0.39 is 0 Å². The number of aryl methyl sites for hydroxylation is 2. The summed E-state index contributed by atoms with van der Waals surface area (Å²) in [7, 11) is 0. The van der Waals surface area contributed by atoms with E-state index in [1.54, 1.807) is 0 Å². The maximum absolute atomic E-state index is 6.74. The van der Waals surface area contributed by atoms with Gasteiger partial charge in [0.2, 0.25) is 0 Å². The molecule has 7 rings (SSSR count). The van der Waals surface area contributed by atoms with Crippen LogP contribution in [0, 0.1) is 19.8 Å². The van der Waals surface area contributed by atoms with Crippen molar-refractivity contribution in [2.24, 2.45) is 5.92 Å². The van der Waals surface area contributed by atoms with Crippen LogP contribution in [0.1, 0.15) is 122 Å². The SMILES string of the molecule is C/C=C\c1ccc2c(N(/C=C/C=C\c3c(C)oc4c(C(C)C)cccc34)/C(C)=C/C(C)=C\CC)ccc3cc/c(=C\N(C(/C=C(C)\C=C\C)=C/C)c4cccc5c(/C=C\C=C\C(C)C)c(C)oc45)c1c32. The molecule has 0 radical (unpaired) electrons. The molecule has 0 atom stereocenters. The van der Waals surface area contributed by atoms with Gasteiger partial charge < -0.3 is 18.6 Å². The highest BCUT2D eigenvalue weighted by Gasteiger charge is 2.20. The zero-order valence-corrected chi connectivity index (χ0v) is 43.8. The lowest BCUT2D eigenvalue weighted by Gasteiger charge is -2.25. The first-order valence-corrected chi connectivity index (χ1v) is 25.1. The number of rotatable bonds is 17. The number of hydrogen-bond donors (Lipinski definition) is 0. The van der Waals surface area contributed by atoms with Crippen molar-refractivity contribution in [2.75, 3.05) is 9.80 Å². The third-order valence-corrected chi connectivity index (χ3v) is 12.8. The van der Waals surface area contributed by atoms with Crippen molar-refractivity contribution in [3.63, 3.8) is 0 Å². The third kappa shape index (κ3) is 10.9. The molecule has 0 aliphatic heterocycles. The fourth-order valence-electron chi connectivity index (χ4n) is 9.55. The van der Waals surface area contributed by atoms with Gasteiger partial charge in [0.15, 0.2) is 5.58 Å². The lowest BCUT2D eigenvalue weighted by Crippen LogP contribution is -2.20. The van der Waals surface area contributed by atoms with E-state index >= 15 is 0 Å². The van der Waals surface area contributed by atoms with E-state index in [2.05, 4.69) is 276 Å². The van der Waals surface area contributed by atoms with Crippen LogP contribution in [0.25, 0.3) is 67.9 Å². The molecule has 5 aromatic carbocycles. The van der Waals surface area contributed by atoms with Crippen LogP contribution in [-0.4, -0.2) is 0 Å². The molecule has 0 bridgehead atoms. The molecule has 0 fully saturated rings. The lowest BCUT2D eigenvalue weighted by molar-refractivity contribution is 0.571. The van der Waals surface area contributed by atoms with Gasteiger partial charge in [-0.15, -0.1) is 0 Å². The van der Waals surface area contributed by atoms with Crippen molar-refractivity contribution in [2.45, 2.75) is 102 Å². The average Bonchev–Trinajstić information content (AvgIpc) is 3.84. The Hall–Kier alpha value is -7.30. The standard InChI is InChI=1S/C66H72N2O2/c1-14-24-46(9)41-48(11)67(40-21-20-29-56-49(12)69-65-55(45(7)8)30-22-31-58(56)65)61-39-37-52-34-35-53(63-51(26-16-3)36-38-60(61)64(52)63)43-68(54(17-4)42-47(10)25-15-2)62-33-23-32-59-57(50(13)70-66(59)62)28-19-18-27-44(5)6/h15-45H,14H2,1-13H3/b25-15+,26-16-,27-18+,28-19-,29-20-,40-21+,46-24-,47-42-,48-41+,53-43+,54-17+. The Kier molecular flexibility index (Phi) is 16.5. The number of furan rings is 2. The van der Waals surface area contributed by atoms with E-state index in [0.717, 1.165) is 90.1 Å². The van der Waals surface area contributed by atoms with Crippen molar-refractivity contribution < 1.29 is 8.83 Å². The Balaban J connectivity index is 1.45. The van der Waals surface area contributed by atoms with Gasteiger partial charge in [-0.05, 0) is 142 Å². The molecular formula is C66H72N2O2. The zero-order chi connectivity index (χ0) is 50.1. The van der Waals surface area contributed by atoms with Crippen LogP contribution in [0.2, 0.25) is 0 Å². The van der Waals surface area contributed by atoms with Crippen LogP contribution in [0.4, 0.5) is 11.4 Å². The van der Waals surface area contributed by atoms with Gasteiger partial charge >= 0.3 is 0 Å². The molecule has 0 spiro atoms. The molecule has 70 heavy (non-hydrogen) atoms. The summed E-state index contributed by atoms with van der Waals surface area (Å²) in [6.45, 7) is 27.9. The van der Waals surface area contributed by atoms with Crippen molar-refractivity contribution in [3.05, 3.63) is 213 Å². The normalized spacial score (nSPS) is 14.2. The molecule has 7 aromatic rings. The molecule has 4 nitrogen and oxygen atoms in total. The molecule has 2 aromatic heterocycles. The van der Waals surface area contributed by atoms with E-state index in [0.29, 0.717) is 11.8 Å². The number of hydrogen-bond acceptors (Lipinski definition) is 4. The minimum atomic E-state index is 0.372. The van der Waals surface area contributed by atoms with Crippen molar-refractivity contribution >= 4 is 79.3 Å². The molecule has 0 N–H and O–H groups in total. The van der Waals surface area contributed by atoms with Gasteiger partial charge in [0.05, 0.1) is 11.4 Å². The summed E-state index contributed by atoms with van der Waals surface area (Å²) >= 11 is 0. The maximum atomic E-state index is 6.74. The molecule has 0 aliphatic carbocycles. The number of allylic oxidation sites excluding steroid dienone is 15. The smallest absolute Gasteiger partial charge is 0.158 e. The number of para-hydroxylation sites is 2. The van der Waals surface area contributed by atoms with Crippen LogP contribution in [0.15, 0.2) is 183 Å². The van der Waals surface area contributed by atoms with Gasteiger partial charge in [-0.2, -0.15) is 0 Å². The monoisotopic (exact) mass is 925 g/mol. The van der Waals surface area contributed by atoms with E-state index in [-0.39, 0.29) is 0 Å². The van der Waals surface area contributed by atoms with E-state index in [1.165, 1.54) is 32.7 Å². The molecule has 0 saturated carbocycles. The summed E-state index contributed by atoms with van der Waals surface area (Å²) in [6.07, 6.45) is 38.1. The van der Waals surface area contributed by atoms with Gasteiger partial charge in [0, 0.05) is 51.1 Å². The highest BCUT2D eigenvalue weighted by Crippen LogP contribution is 2.39. The Morgan fingerprint density at radius 2 is 1.31 bits per heavy atom. The Morgan fingerprint density at radius 1 is 0.629 bits per heavy atom. The second-order valence-corrected chi connectivity index (χ2v) is 18.9. The minimum absolute atomic E-state index is 0.372. The molecule has 0 unspecified atom stereocenters. The molecule has 2 heterocycles. The Labute approximate surface area is 417 Å². The quantitative estimate of drug-likeness (QED) is 0.0852. The Morgan fingerprint density at radius 3 is 1.99 bits per heavy atom. The number of benzene rings is 5. The number of fused-ring (bicyclic) bond motifs is 2. The predicted octanol–water partition coefficient (Wildman–Crippen LogP) is 19.2. The Bertz CT molecular complexity index is 3390. The highest BCUT2D eigenvalue weighted by molar-refractivity contribution is 6.17. The van der Waals surface area contributed by atoms with Crippen molar-refractivity contribution in [1.29, 1.82) is 0 Å². The van der Waals surface area contributed by atoms with Crippen LogP contribution in [-0.2, 0) is 0 Å².